The van der Waals surface area contributed by atoms with E-state index in [2.05, 4.69) is 349 Å². The first-order valence-electron chi connectivity index (χ1n) is 30.1. The maximum Gasteiger partial charge on any atom is 0.0713 e. The van der Waals surface area contributed by atoms with Crippen molar-refractivity contribution in [2.75, 3.05) is 0 Å². The molecule has 0 bridgehead atoms. The van der Waals surface area contributed by atoms with Crippen molar-refractivity contribution in [2.45, 2.75) is 5.41 Å². The van der Waals surface area contributed by atoms with E-state index in [4.69, 9.17) is 0 Å². The zero-order chi connectivity index (χ0) is 57.4. The number of benzene rings is 14. The zero-order valence-electron chi connectivity index (χ0n) is 47.7. The summed E-state index contributed by atoms with van der Waals surface area (Å²) in [7, 11) is 0. The molecule has 2 aromatic heterocycles. The van der Waals surface area contributed by atoms with Gasteiger partial charge < -0.3 is 9.13 Å². The third-order valence-corrected chi connectivity index (χ3v) is 18.5. The van der Waals surface area contributed by atoms with Crippen molar-refractivity contribution >= 4 is 43.6 Å². The van der Waals surface area contributed by atoms with Crippen LogP contribution in [0.15, 0.2) is 340 Å². The lowest BCUT2D eigenvalue weighted by atomic mass is 9.67. The van der Waals surface area contributed by atoms with Gasteiger partial charge in [-0.25, -0.2) is 0 Å². The van der Waals surface area contributed by atoms with Crippen molar-refractivity contribution in [1.29, 1.82) is 0 Å². The number of hydrogen-bond acceptors (Lipinski definition) is 0. The number of hydrogen-bond donors (Lipinski definition) is 0. The quantitative estimate of drug-likeness (QED) is 0.129. The van der Waals surface area contributed by atoms with Crippen LogP contribution in [0.5, 0.6) is 0 Å². The van der Waals surface area contributed by atoms with Crippen molar-refractivity contribution in [2.24, 2.45) is 0 Å². The number of nitrogens with zero attached hydrogens (tertiary/aromatic N) is 2. The lowest BCUT2D eigenvalue weighted by Gasteiger charge is -2.34. The molecule has 0 saturated carbocycles. The SMILES string of the molecule is c1ccc(-c2ccc(-n3c4ccccc4c4cc(-c5ccc6c(c5)c5ccccc5n6-c5ccc(-c6ccc(-c7ccc(-c8cccc(C9(c%10ccc(-c%11ccccc%11)cc%10)c%10ccccc%10-c%10ccccc%109)c8)cc7)cc6)cc5)ccc43)cc2)cc1. The van der Waals surface area contributed by atoms with E-state index in [-0.39, 0.29) is 0 Å². The van der Waals surface area contributed by atoms with Crippen LogP contribution < -0.4 is 0 Å². The summed E-state index contributed by atoms with van der Waals surface area (Å²) in [5.41, 5.74) is 28.7. The van der Waals surface area contributed by atoms with E-state index in [0.717, 1.165) is 11.4 Å². The molecule has 0 N–H and O–H groups in total. The monoisotopic (exact) mass is 1100 g/mol. The highest BCUT2D eigenvalue weighted by Gasteiger charge is 2.46. The second-order valence-corrected chi connectivity index (χ2v) is 23.1. The molecule has 2 heterocycles. The van der Waals surface area contributed by atoms with E-state index in [1.165, 1.54) is 144 Å². The molecule has 0 atom stereocenters. The molecule has 0 amide bonds. The van der Waals surface area contributed by atoms with Crippen LogP contribution in [0.3, 0.4) is 0 Å². The van der Waals surface area contributed by atoms with Crippen molar-refractivity contribution in [3.63, 3.8) is 0 Å². The van der Waals surface area contributed by atoms with Crippen LogP contribution in [-0.4, -0.2) is 9.13 Å². The van der Waals surface area contributed by atoms with E-state index < -0.39 is 5.41 Å². The van der Waals surface area contributed by atoms with E-state index in [0.29, 0.717) is 0 Å². The summed E-state index contributed by atoms with van der Waals surface area (Å²) in [5.74, 6) is 0. The molecule has 2 heteroatoms. The predicted molar refractivity (Wildman–Crippen MR) is 365 cm³/mol. The Kier molecular flexibility index (Phi) is 11.8. The molecule has 0 fully saturated rings. The Bertz CT molecular complexity index is 5220. The molecule has 1 aliphatic rings. The molecule has 0 radical (unpaired) electrons. The fraction of sp³-hybridized carbons (Fsp3) is 0.0118. The molecule has 17 rings (SSSR count). The van der Waals surface area contributed by atoms with E-state index >= 15 is 0 Å². The first-order valence-corrected chi connectivity index (χ1v) is 30.1. The molecule has 1 aliphatic carbocycles. The van der Waals surface area contributed by atoms with Gasteiger partial charge in [-0.2, -0.15) is 0 Å². The van der Waals surface area contributed by atoms with Gasteiger partial charge in [0.25, 0.3) is 0 Å². The fourth-order valence-electron chi connectivity index (χ4n) is 14.3. The molecule has 0 unspecified atom stereocenters. The zero-order valence-corrected chi connectivity index (χ0v) is 47.7. The largest absolute Gasteiger partial charge is 0.309 e. The standard InChI is InChI=1S/C85H56N2/c1-3-16-57(17-4-1)62-38-46-69(47-39-62)85(79-26-11-7-22-73(79)74-23-8-12-27-80(74)85)70-21-15-20-66(54-70)65-36-34-60(35-37-65)59-30-32-61(33-31-59)64-42-50-72(51-43-64)87-82-29-14-10-25-76(82)78-56-68(45-53-84(78)87)67-44-52-83-77(55-67)75-24-9-13-28-81(75)86(83)71-48-40-63(41-49-71)58-18-5-2-6-19-58/h1-56H. The number of rotatable bonds is 10. The third kappa shape index (κ3) is 8.25. The molecule has 2 nitrogen and oxygen atoms in total. The normalized spacial score (nSPS) is 12.5. The second-order valence-electron chi connectivity index (χ2n) is 23.1. The summed E-state index contributed by atoms with van der Waals surface area (Å²) in [5, 5.41) is 4.97. The van der Waals surface area contributed by atoms with Gasteiger partial charge in [0.2, 0.25) is 0 Å². The van der Waals surface area contributed by atoms with Gasteiger partial charge in [0, 0.05) is 32.9 Å². The van der Waals surface area contributed by atoms with Gasteiger partial charge >= 0.3 is 0 Å². The summed E-state index contributed by atoms with van der Waals surface area (Å²) in [4.78, 5) is 0. The minimum absolute atomic E-state index is 0.488. The molecule has 16 aromatic rings. The summed E-state index contributed by atoms with van der Waals surface area (Å²) >= 11 is 0. The van der Waals surface area contributed by atoms with E-state index in [1.54, 1.807) is 0 Å². The summed E-state index contributed by atoms with van der Waals surface area (Å²) in [6.45, 7) is 0. The van der Waals surface area contributed by atoms with E-state index in [1.807, 2.05) is 0 Å². The predicted octanol–water partition coefficient (Wildman–Crippen LogP) is 22.2. The first kappa shape index (κ1) is 50.2. The molecule has 87 heavy (non-hydrogen) atoms. The van der Waals surface area contributed by atoms with Crippen molar-refractivity contribution in [3.05, 3.63) is 362 Å². The smallest absolute Gasteiger partial charge is 0.0713 e. The number of aromatic nitrogens is 2. The highest BCUT2D eigenvalue weighted by molar-refractivity contribution is 6.13. The van der Waals surface area contributed by atoms with Crippen molar-refractivity contribution in [3.8, 4) is 89.3 Å². The Morgan fingerprint density at radius 1 is 0.184 bits per heavy atom. The lowest BCUT2D eigenvalue weighted by molar-refractivity contribution is 0.769. The van der Waals surface area contributed by atoms with Gasteiger partial charge in [-0.1, -0.05) is 273 Å². The maximum absolute atomic E-state index is 2.42. The van der Waals surface area contributed by atoms with Crippen molar-refractivity contribution in [1.82, 2.24) is 9.13 Å². The number of para-hydroxylation sites is 2. The van der Waals surface area contributed by atoms with Gasteiger partial charge in [0.1, 0.15) is 0 Å². The maximum atomic E-state index is 2.42. The highest BCUT2D eigenvalue weighted by atomic mass is 15.0. The Morgan fingerprint density at radius 3 is 0.943 bits per heavy atom. The van der Waals surface area contributed by atoms with Crippen LogP contribution in [0.25, 0.3) is 133 Å². The molecular formula is C85H56N2. The summed E-state index contributed by atoms with van der Waals surface area (Å²) in [6, 6.07) is 125. The van der Waals surface area contributed by atoms with Crippen LogP contribution in [0.1, 0.15) is 22.3 Å². The topological polar surface area (TPSA) is 9.86 Å². The van der Waals surface area contributed by atoms with Gasteiger partial charge in [-0.3, -0.25) is 0 Å². The van der Waals surface area contributed by atoms with Crippen LogP contribution in [0.2, 0.25) is 0 Å². The average Bonchev–Trinajstić information content (AvgIpc) is 1.73. The van der Waals surface area contributed by atoms with Crippen LogP contribution in [0.4, 0.5) is 0 Å². The van der Waals surface area contributed by atoms with Crippen LogP contribution in [-0.2, 0) is 5.41 Å². The average molecular weight is 1110 g/mol. The molecular weight excluding hydrogens is 1050 g/mol. The molecule has 0 aliphatic heterocycles. The first-order chi connectivity index (χ1) is 43.1. The Labute approximate surface area is 506 Å². The molecule has 0 spiro atoms. The number of fused-ring (bicyclic) bond motifs is 9. The lowest BCUT2D eigenvalue weighted by Crippen LogP contribution is -2.28. The summed E-state index contributed by atoms with van der Waals surface area (Å²) < 4.78 is 4.81. The van der Waals surface area contributed by atoms with Gasteiger partial charge in [0.15, 0.2) is 0 Å². The highest BCUT2D eigenvalue weighted by Crippen LogP contribution is 2.56. The van der Waals surface area contributed by atoms with E-state index in [9.17, 15) is 0 Å². The molecule has 0 saturated heterocycles. The van der Waals surface area contributed by atoms with Crippen LogP contribution in [0, 0.1) is 0 Å². The minimum atomic E-state index is -0.488. The van der Waals surface area contributed by atoms with Crippen LogP contribution >= 0.6 is 0 Å². The minimum Gasteiger partial charge on any atom is -0.309 e. The second kappa shape index (κ2) is 20.5. The Morgan fingerprint density at radius 2 is 0.494 bits per heavy atom. The third-order valence-electron chi connectivity index (χ3n) is 18.5. The van der Waals surface area contributed by atoms with Gasteiger partial charge in [0.05, 0.1) is 27.5 Å². The summed E-state index contributed by atoms with van der Waals surface area (Å²) in [6.07, 6.45) is 0. The molecule has 406 valence electrons. The molecule has 14 aromatic carbocycles. The van der Waals surface area contributed by atoms with Crippen molar-refractivity contribution < 1.29 is 0 Å². The Balaban J connectivity index is 0.644. The van der Waals surface area contributed by atoms with Gasteiger partial charge in [-0.05, 0) is 167 Å². The Hall–Kier alpha value is -11.3. The fourth-order valence-corrected chi connectivity index (χ4v) is 14.3. The van der Waals surface area contributed by atoms with Gasteiger partial charge in [-0.15, -0.1) is 0 Å².